The summed E-state index contributed by atoms with van der Waals surface area (Å²) >= 11 is 0. The van der Waals surface area contributed by atoms with E-state index in [0.29, 0.717) is 0 Å². The molecule has 2 nitrogen and oxygen atoms in total. The van der Waals surface area contributed by atoms with Gasteiger partial charge in [0.2, 0.25) is 0 Å². The van der Waals surface area contributed by atoms with Gasteiger partial charge in [0.1, 0.15) is 11.2 Å². The molecule has 0 aliphatic heterocycles. The van der Waals surface area contributed by atoms with Crippen molar-refractivity contribution in [3.8, 4) is 11.1 Å². The van der Waals surface area contributed by atoms with Crippen molar-refractivity contribution in [1.82, 2.24) is 0 Å². The topological polar surface area (TPSA) is 16.4 Å². The van der Waals surface area contributed by atoms with Crippen LogP contribution in [0.2, 0.25) is 0 Å². The molecule has 1 aliphatic carbocycles. The van der Waals surface area contributed by atoms with Gasteiger partial charge in [0, 0.05) is 33.1 Å². The van der Waals surface area contributed by atoms with Gasteiger partial charge < -0.3 is 9.32 Å². The largest absolute Gasteiger partial charge is 0.456 e. The molecule has 1 heterocycles. The van der Waals surface area contributed by atoms with E-state index in [4.69, 9.17) is 4.42 Å². The zero-order chi connectivity index (χ0) is 23.6. The molecule has 168 valence electrons. The number of hydrogen-bond acceptors (Lipinski definition) is 2. The zero-order valence-electron chi connectivity index (χ0n) is 19.8. The molecule has 6 aromatic rings. The molecule has 0 fully saturated rings. The number of anilines is 3. The summed E-state index contributed by atoms with van der Waals surface area (Å²) in [4.78, 5) is 2.37. The second-order valence-corrected chi connectivity index (χ2v) is 9.82. The maximum Gasteiger partial charge on any atom is 0.136 e. The van der Waals surface area contributed by atoms with E-state index < -0.39 is 0 Å². The van der Waals surface area contributed by atoms with Crippen LogP contribution in [-0.4, -0.2) is 0 Å². The van der Waals surface area contributed by atoms with Gasteiger partial charge in [0.25, 0.3) is 0 Å². The van der Waals surface area contributed by atoms with Crippen molar-refractivity contribution in [1.29, 1.82) is 0 Å². The van der Waals surface area contributed by atoms with E-state index in [0.717, 1.165) is 22.5 Å². The number of nitrogens with zero attached hydrogens (tertiary/aromatic N) is 1. The molecule has 0 atom stereocenters. The van der Waals surface area contributed by atoms with Crippen LogP contribution in [0.15, 0.2) is 120 Å². The van der Waals surface area contributed by atoms with Crippen LogP contribution in [0.1, 0.15) is 25.0 Å². The average molecular weight is 452 g/mol. The number of fused-ring (bicyclic) bond motifs is 6. The average Bonchev–Trinajstić information content (AvgIpc) is 3.37. The fourth-order valence-corrected chi connectivity index (χ4v) is 5.75. The maximum absolute atomic E-state index is 6.32. The molecule has 0 saturated carbocycles. The minimum atomic E-state index is -0.119. The highest BCUT2D eigenvalue weighted by Gasteiger charge is 2.38. The zero-order valence-corrected chi connectivity index (χ0v) is 19.8. The number of hydrogen-bond donors (Lipinski definition) is 0. The molecule has 5 aromatic carbocycles. The van der Waals surface area contributed by atoms with E-state index in [1.807, 2.05) is 6.07 Å². The van der Waals surface area contributed by atoms with Crippen molar-refractivity contribution in [3.63, 3.8) is 0 Å². The van der Waals surface area contributed by atoms with E-state index in [2.05, 4.69) is 128 Å². The van der Waals surface area contributed by atoms with Crippen LogP contribution in [-0.2, 0) is 5.41 Å². The lowest BCUT2D eigenvalue weighted by Gasteiger charge is -2.28. The van der Waals surface area contributed by atoms with Crippen molar-refractivity contribution >= 4 is 39.0 Å². The number of furan rings is 1. The summed E-state index contributed by atoms with van der Waals surface area (Å²) in [6, 6.07) is 40.9. The normalized spacial score (nSPS) is 13.7. The van der Waals surface area contributed by atoms with Crippen LogP contribution in [0.5, 0.6) is 0 Å². The third kappa shape index (κ3) is 2.90. The second-order valence-electron chi connectivity index (χ2n) is 9.82. The van der Waals surface area contributed by atoms with Crippen LogP contribution < -0.4 is 4.90 Å². The van der Waals surface area contributed by atoms with Gasteiger partial charge in [0.05, 0.1) is 5.69 Å². The number of benzene rings is 5. The van der Waals surface area contributed by atoms with E-state index in [1.54, 1.807) is 0 Å². The monoisotopic (exact) mass is 451 g/mol. The molecule has 7 rings (SSSR count). The Hall–Kier alpha value is -4.30. The van der Waals surface area contributed by atoms with E-state index >= 15 is 0 Å². The van der Waals surface area contributed by atoms with E-state index in [9.17, 15) is 0 Å². The lowest BCUT2D eigenvalue weighted by Crippen LogP contribution is -2.16. The minimum Gasteiger partial charge on any atom is -0.456 e. The summed E-state index contributed by atoms with van der Waals surface area (Å²) in [5.41, 5.74) is 10.5. The molecule has 0 unspecified atom stereocenters. The highest BCUT2D eigenvalue weighted by molar-refractivity contribution is 6.08. The highest BCUT2D eigenvalue weighted by Crippen LogP contribution is 2.55. The van der Waals surface area contributed by atoms with E-state index in [-0.39, 0.29) is 5.41 Å². The SMILES string of the molecule is CC1(C)c2cc3c(cc2-c2c(N(c4ccccc4)c4ccccc4)cccc21)oc1ccccc13. The van der Waals surface area contributed by atoms with Gasteiger partial charge in [0.15, 0.2) is 0 Å². The first-order chi connectivity index (χ1) is 17.1. The lowest BCUT2D eigenvalue weighted by atomic mass is 9.82. The summed E-state index contributed by atoms with van der Waals surface area (Å²) < 4.78 is 6.32. The van der Waals surface area contributed by atoms with Crippen LogP contribution in [0, 0.1) is 0 Å². The maximum atomic E-state index is 6.32. The Bertz CT molecular complexity index is 1670. The summed E-state index contributed by atoms with van der Waals surface area (Å²) in [7, 11) is 0. The highest BCUT2D eigenvalue weighted by atomic mass is 16.3. The van der Waals surface area contributed by atoms with Gasteiger partial charge in [-0.1, -0.05) is 80.6 Å². The van der Waals surface area contributed by atoms with Crippen LogP contribution in [0.3, 0.4) is 0 Å². The molecule has 0 amide bonds. The molecular weight excluding hydrogens is 426 g/mol. The predicted octanol–water partition coefficient (Wildman–Crippen LogP) is 9.36. The Morgan fingerprint density at radius 2 is 1.23 bits per heavy atom. The van der Waals surface area contributed by atoms with Crippen molar-refractivity contribution in [2.75, 3.05) is 4.90 Å². The van der Waals surface area contributed by atoms with Crippen molar-refractivity contribution < 1.29 is 4.42 Å². The Kier molecular flexibility index (Phi) is 4.22. The fraction of sp³-hybridized carbons (Fsp3) is 0.0909. The molecule has 35 heavy (non-hydrogen) atoms. The summed E-state index contributed by atoms with van der Waals surface area (Å²) in [5, 5.41) is 2.36. The third-order valence-corrected chi connectivity index (χ3v) is 7.45. The molecule has 0 bridgehead atoms. The van der Waals surface area contributed by atoms with E-state index in [1.165, 1.54) is 38.7 Å². The summed E-state index contributed by atoms with van der Waals surface area (Å²) in [6.07, 6.45) is 0. The molecule has 0 saturated heterocycles. The van der Waals surface area contributed by atoms with Crippen molar-refractivity contribution in [2.24, 2.45) is 0 Å². The van der Waals surface area contributed by atoms with Crippen molar-refractivity contribution in [2.45, 2.75) is 19.3 Å². The smallest absolute Gasteiger partial charge is 0.136 e. The molecule has 2 heteroatoms. The fourth-order valence-electron chi connectivity index (χ4n) is 5.75. The first-order valence-corrected chi connectivity index (χ1v) is 12.1. The second kappa shape index (κ2) is 7.35. The number of rotatable bonds is 3. The van der Waals surface area contributed by atoms with Gasteiger partial charge in [-0.05, 0) is 65.2 Å². The van der Waals surface area contributed by atoms with Crippen LogP contribution in [0.25, 0.3) is 33.1 Å². The standard InChI is InChI=1S/C33H25NO/c1-33(2)27-17-11-18-29(34(22-12-5-3-6-13-22)23-14-7-4-8-15-23)32(27)26-21-31-25(20-28(26)33)24-16-9-10-19-30(24)35-31/h3-21H,1-2H3. The molecule has 1 aliphatic rings. The van der Waals surface area contributed by atoms with Gasteiger partial charge >= 0.3 is 0 Å². The molecule has 1 aromatic heterocycles. The Morgan fingerprint density at radius 3 is 1.94 bits per heavy atom. The predicted molar refractivity (Wildman–Crippen MR) is 146 cm³/mol. The quantitative estimate of drug-likeness (QED) is 0.266. The Morgan fingerprint density at radius 1 is 0.571 bits per heavy atom. The third-order valence-electron chi connectivity index (χ3n) is 7.45. The Labute approximate surface area is 205 Å². The van der Waals surface area contributed by atoms with Gasteiger partial charge in [-0.15, -0.1) is 0 Å². The van der Waals surface area contributed by atoms with Crippen LogP contribution in [0.4, 0.5) is 17.1 Å². The lowest BCUT2D eigenvalue weighted by molar-refractivity contribution is 0.658. The minimum absolute atomic E-state index is 0.119. The molecule has 0 N–H and O–H groups in total. The first kappa shape index (κ1) is 20.1. The van der Waals surface area contributed by atoms with Gasteiger partial charge in [-0.3, -0.25) is 0 Å². The van der Waals surface area contributed by atoms with Crippen molar-refractivity contribution in [3.05, 3.63) is 126 Å². The molecular formula is C33H25NO. The molecule has 0 radical (unpaired) electrons. The first-order valence-electron chi connectivity index (χ1n) is 12.1. The number of para-hydroxylation sites is 3. The Balaban J connectivity index is 1.54. The molecule has 0 spiro atoms. The van der Waals surface area contributed by atoms with Crippen LogP contribution >= 0.6 is 0 Å². The van der Waals surface area contributed by atoms with Gasteiger partial charge in [-0.25, -0.2) is 0 Å². The van der Waals surface area contributed by atoms with Gasteiger partial charge in [-0.2, -0.15) is 0 Å². The summed E-state index contributed by atoms with van der Waals surface area (Å²) in [5.74, 6) is 0. The summed E-state index contributed by atoms with van der Waals surface area (Å²) in [6.45, 7) is 4.68.